The molecular formula is C22H27ClN2O2. The summed E-state index contributed by atoms with van der Waals surface area (Å²) in [5.74, 6) is -0.209. The highest BCUT2D eigenvalue weighted by Crippen LogP contribution is 2.20. The minimum absolute atomic E-state index is 0.0501. The number of carbonyl (C=O) groups excluding carboxylic acids is 2. The number of likely N-dealkylation sites (N-methyl/N-ethyl adjacent to an activating group) is 1. The fourth-order valence-corrected chi connectivity index (χ4v) is 3.24. The van der Waals surface area contributed by atoms with Crippen molar-refractivity contribution in [3.05, 3.63) is 70.2 Å². The summed E-state index contributed by atoms with van der Waals surface area (Å²) in [6.07, 6.45) is 1.53. The molecule has 1 N–H and O–H groups in total. The van der Waals surface area contributed by atoms with Crippen LogP contribution in [0.1, 0.15) is 36.5 Å². The third kappa shape index (κ3) is 5.83. The van der Waals surface area contributed by atoms with Crippen LogP contribution in [0.25, 0.3) is 0 Å². The molecule has 2 amide bonds. The van der Waals surface area contributed by atoms with E-state index in [1.807, 2.05) is 56.3 Å². The molecule has 0 heterocycles. The summed E-state index contributed by atoms with van der Waals surface area (Å²) >= 11 is 6.28. The van der Waals surface area contributed by atoms with Gasteiger partial charge in [-0.1, -0.05) is 66.6 Å². The predicted molar refractivity (Wildman–Crippen MR) is 110 cm³/mol. The zero-order chi connectivity index (χ0) is 19.8. The highest BCUT2D eigenvalue weighted by atomic mass is 35.5. The molecule has 0 bridgehead atoms. The lowest BCUT2D eigenvalue weighted by molar-refractivity contribution is -0.141. The van der Waals surface area contributed by atoms with Gasteiger partial charge in [0.05, 0.1) is 0 Å². The SMILES string of the molecule is CC[C@H](C(=O)NC)N(Cc1ccccc1Cl)C(=O)CCc1ccc(C)cc1. The molecule has 2 aromatic rings. The second-order valence-electron chi connectivity index (χ2n) is 6.64. The smallest absolute Gasteiger partial charge is 0.242 e. The van der Waals surface area contributed by atoms with Crippen molar-refractivity contribution < 1.29 is 9.59 Å². The number of halogens is 1. The van der Waals surface area contributed by atoms with Crippen LogP contribution in [-0.2, 0) is 22.6 Å². The molecule has 2 aromatic carbocycles. The van der Waals surface area contributed by atoms with Crippen molar-refractivity contribution >= 4 is 23.4 Å². The lowest BCUT2D eigenvalue weighted by Gasteiger charge is -2.30. The Morgan fingerprint density at radius 1 is 1.11 bits per heavy atom. The molecular weight excluding hydrogens is 360 g/mol. The first-order valence-corrected chi connectivity index (χ1v) is 9.64. The van der Waals surface area contributed by atoms with E-state index in [9.17, 15) is 9.59 Å². The van der Waals surface area contributed by atoms with Gasteiger partial charge in [0.1, 0.15) is 6.04 Å². The van der Waals surface area contributed by atoms with Crippen LogP contribution in [0.4, 0.5) is 0 Å². The second kappa shape index (κ2) is 10.1. The van der Waals surface area contributed by atoms with Crippen LogP contribution >= 0.6 is 11.6 Å². The maximum absolute atomic E-state index is 13.0. The molecule has 0 aliphatic carbocycles. The highest BCUT2D eigenvalue weighted by Gasteiger charge is 2.28. The van der Waals surface area contributed by atoms with Gasteiger partial charge in [0.25, 0.3) is 0 Å². The summed E-state index contributed by atoms with van der Waals surface area (Å²) in [4.78, 5) is 27.0. The average molecular weight is 387 g/mol. The molecule has 0 aliphatic rings. The van der Waals surface area contributed by atoms with Crippen LogP contribution < -0.4 is 5.32 Å². The molecule has 0 radical (unpaired) electrons. The van der Waals surface area contributed by atoms with E-state index in [1.165, 1.54) is 5.56 Å². The number of amides is 2. The van der Waals surface area contributed by atoms with Gasteiger partial charge in [0, 0.05) is 25.0 Å². The van der Waals surface area contributed by atoms with Gasteiger partial charge in [0.2, 0.25) is 11.8 Å². The summed E-state index contributed by atoms with van der Waals surface area (Å²) < 4.78 is 0. The molecule has 0 saturated heterocycles. The predicted octanol–water partition coefficient (Wildman–Crippen LogP) is 4.13. The third-order valence-corrected chi connectivity index (χ3v) is 5.05. The van der Waals surface area contributed by atoms with E-state index in [-0.39, 0.29) is 11.8 Å². The van der Waals surface area contributed by atoms with Crippen LogP contribution in [0.15, 0.2) is 48.5 Å². The molecule has 0 aromatic heterocycles. The van der Waals surface area contributed by atoms with Crippen molar-refractivity contribution in [2.24, 2.45) is 0 Å². The number of aryl methyl sites for hydroxylation is 2. The van der Waals surface area contributed by atoms with Gasteiger partial charge in [-0.15, -0.1) is 0 Å². The van der Waals surface area contributed by atoms with Gasteiger partial charge < -0.3 is 10.2 Å². The Morgan fingerprint density at radius 2 is 1.78 bits per heavy atom. The normalized spacial score (nSPS) is 11.7. The molecule has 2 rings (SSSR count). The summed E-state index contributed by atoms with van der Waals surface area (Å²) in [7, 11) is 1.59. The quantitative estimate of drug-likeness (QED) is 0.741. The number of hydrogen-bond acceptors (Lipinski definition) is 2. The first-order chi connectivity index (χ1) is 13.0. The average Bonchev–Trinajstić information content (AvgIpc) is 2.68. The van der Waals surface area contributed by atoms with Crippen molar-refractivity contribution in [3.63, 3.8) is 0 Å². The first-order valence-electron chi connectivity index (χ1n) is 9.26. The molecule has 0 unspecified atom stereocenters. The lowest BCUT2D eigenvalue weighted by Crippen LogP contribution is -2.48. The number of benzene rings is 2. The van der Waals surface area contributed by atoms with Crippen molar-refractivity contribution in [2.45, 2.75) is 45.7 Å². The van der Waals surface area contributed by atoms with Crippen LogP contribution in [0.2, 0.25) is 5.02 Å². The Hall–Kier alpha value is -2.33. The van der Waals surface area contributed by atoms with Gasteiger partial charge in [-0.25, -0.2) is 0 Å². The zero-order valence-corrected chi connectivity index (χ0v) is 16.9. The van der Waals surface area contributed by atoms with E-state index >= 15 is 0 Å². The molecule has 4 nitrogen and oxygen atoms in total. The van der Waals surface area contributed by atoms with Crippen molar-refractivity contribution in [3.8, 4) is 0 Å². The molecule has 27 heavy (non-hydrogen) atoms. The minimum atomic E-state index is -0.517. The van der Waals surface area contributed by atoms with Crippen molar-refractivity contribution in [1.82, 2.24) is 10.2 Å². The van der Waals surface area contributed by atoms with Gasteiger partial charge in [0.15, 0.2) is 0 Å². The number of nitrogens with zero attached hydrogens (tertiary/aromatic N) is 1. The summed E-state index contributed by atoms with van der Waals surface area (Å²) in [6.45, 7) is 4.26. The Bertz CT molecular complexity index is 774. The number of nitrogens with one attached hydrogen (secondary N) is 1. The van der Waals surface area contributed by atoms with Gasteiger partial charge in [-0.2, -0.15) is 0 Å². The maximum atomic E-state index is 13.0. The maximum Gasteiger partial charge on any atom is 0.242 e. The fraction of sp³-hybridized carbons (Fsp3) is 0.364. The molecule has 1 atom stereocenters. The van der Waals surface area contributed by atoms with E-state index in [4.69, 9.17) is 11.6 Å². The van der Waals surface area contributed by atoms with E-state index in [1.54, 1.807) is 18.0 Å². The molecule has 0 aliphatic heterocycles. The van der Waals surface area contributed by atoms with Crippen LogP contribution in [0.3, 0.4) is 0 Å². The monoisotopic (exact) mass is 386 g/mol. The van der Waals surface area contributed by atoms with E-state index in [2.05, 4.69) is 5.32 Å². The summed E-state index contributed by atoms with van der Waals surface area (Å²) in [5, 5.41) is 3.26. The van der Waals surface area contributed by atoms with Gasteiger partial charge >= 0.3 is 0 Å². The molecule has 0 saturated carbocycles. The molecule has 144 valence electrons. The highest BCUT2D eigenvalue weighted by molar-refractivity contribution is 6.31. The molecule has 0 spiro atoms. The molecule has 5 heteroatoms. The largest absolute Gasteiger partial charge is 0.357 e. The Labute approximate surface area is 166 Å². The topological polar surface area (TPSA) is 49.4 Å². The Morgan fingerprint density at radius 3 is 2.37 bits per heavy atom. The fourth-order valence-electron chi connectivity index (χ4n) is 3.05. The number of hydrogen-bond donors (Lipinski definition) is 1. The second-order valence-corrected chi connectivity index (χ2v) is 7.04. The van der Waals surface area contributed by atoms with E-state index in [0.29, 0.717) is 30.8 Å². The zero-order valence-electron chi connectivity index (χ0n) is 16.2. The third-order valence-electron chi connectivity index (χ3n) is 4.68. The van der Waals surface area contributed by atoms with E-state index in [0.717, 1.165) is 11.1 Å². The standard InChI is InChI=1S/C22H27ClN2O2/c1-4-20(22(27)24-3)25(15-18-7-5-6-8-19(18)23)21(26)14-13-17-11-9-16(2)10-12-17/h5-12,20H,4,13-15H2,1-3H3,(H,24,27)/t20-/m1/s1. The summed E-state index contributed by atoms with van der Waals surface area (Å²) in [5.41, 5.74) is 3.14. The number of carbonyl (C=O) groups is 2. The van der Waals surface area contributed by atoms with Crippen molar-refractivity contribution in [2.75, 3.05) is 7.05 Å². The van der Waals surface area contributed by atoms with Crippen LogP contribution in [-0.4, -0.2) is 29.8 Å². The Kier molecular flexibility index (Phi) is 7.86. The Balaban J connectivity index is 2.19. The van der Waals surface area contributed by atoms with Gasteiger partial charge in [-0.05, 0) is 37.0 Å². The van der Waals surface area contributed by atoms with Crippen LogP contribution in [0.5, 0.6) is 0 Å². The molecule has 0 fully saturated rings. The first kappa shape index (κ1) is 21.0. The van der Waals surface area contributed by atoms with Crippen LogP contribution in [0, 0.1) is 6.92 Å². The minimum Gasteiger partial charge on any atom is -0.357 e. The number of rotatable bonds is 8. The van der Waals surface area contributed by atoms with Gasteiger partial charge in [-0.3, -0.25) is 9.59 Å². The van der Waals surface area contributed by atoms with Crippen molar-refractivity contribution in [1.29, 1.82) is 0 Å². The summed E-state index contributed by atoms with van der Waals surface area (Å²) in [6, 6.07) is 15.1. The lowest BCUT2D eigenvalue weighted by atomic mass is 10.1. The van der Waals surface area contributed by atoms with E-state index < -0.39 is 6.04 Å².